The number of halogens is 2. The first-order valence-corrected chi connectivity index (χ1v) is 10.4. The van der Waals surface area contributed by atoms with E-state index in [0.717, 1.165) is 15.3 Å². The van der Waals surface area contributed by atoms with E-state index in [-0.39, 0.29) is 18.2 Å². The number of ether oxygens (including phenoxy) is 1. The third-order valence-corrected chi connectivity index (χ3v) is 5.87. The standard InChI is InChI=1S/C21H19F2N3O4S/c1-21(9-8-13-4-6-15(7-5-13)30-19(22)23)18(27)26(20(28)25-21)11-14-12-29-17(24-14)16-3-2-10-31-16/h2-7,10,12,19H,8-9,11H2,1H3,(H,25,28)/t21-/m0/s1. The van der Waals surface area contributed by atoms with Gasteiger partial charge in [0.05, 0.1) is 17.1 Å². The van der Waals surface area contributed by atoms with Gasteiger partial charge in [-0.15, -0.1) is 11.3 Å². The number of oxazole rings is 1. The molecule has 1 aliphatic rings. The number of nitrogens with zero attached hydrogens (tertiary/aromatic N) is 2. The maximum atomic E-state index is 13.0. The van der Waals surface area contributed by atoms with Crippen molar-refractivity contribution >= 4 is 23.3 Å². The van der Waals surface area contributed by atoms with E-state index in [9.17, 15) is 18.4 Å². The predicted molar refractivity (Wildman–Crippen MR) is 109 cm³/mol. The van der Waals surface area contributed by atoms with Crippen LogP contribution in [0.4, 0.5) is 13.6 Å². The minimum atomic E-state index is -2.88. The molecule has 3 aromatic rings. The SMILES string of the molecule is C[C@@]1(CCc2ccc(OC(F)F)cc2)NC(=O)N(Cc2coc(-c3cccs3)n2)C1=O. The van der Waals surface area contributed by atoms with Gasteiger partial charge in [0.15, 0.2) is 0 Å². The van der Waals surface area contributed by atoms with Crippen molar-refractivity contribution in [3.8, 4) is 16.5 Å². The molecule has 162 valence electrons. The lowest BCUT2D eigenvalue weighted by molar-refractivity contribution is -0.131. The van der Waals surface area contributed by atoms with Crippen molar-refractivity contribution in [3.63, 3.8) is 0 Å². The maximum absolute atomic E-state index is 13.0. The fourth-order valence-corrected chi connectivity index (χ4v) is 4.00. The Balaban J connectivity index is 1.39. The molecule has 0 saturated carbocycles. The molecule has 0 bridgehead atoms. The van der Waals surface area contributed by atoms with Gasteiger partial charge in [-0.3, -0.25) is 9.69 Å². The lowest BCUT2D eigenvalue weighted by Gasteiger charge is -2.21. The smallest absolute Gasteiger partial charge is 0.387 e. The van der Waals surface area contributed by atoms with Crippen LogP contribution in [0.15, 0.2) is 52.5 Å². The summed E-state index contributed by atoms with van der Waals surface area (Å²) in [7, 11) is 0. The largest absolute Gasteiger partial charge is 0.443 e. The summed E-state index contributed by atoms with van der Waals surface area (Å²) in [5.41, 5.74) is 0.237. The summed E-state index contributed by atoms with van der Waals surface area (Å²) >= 11 is 1.48. The van der Waals surface area contributed by atoms with Gasteiger partial charge in [-0.05, 0) is 48.9 Å². The number of carbonyl (C=O) groups excluding carboxylic acids is 2. The summed E-state index contributed by atoms with van der Waals surface area (Å²) in [6.45, 7) is -1.20. The Morgan fingerprint density at radius 2 is 2.03 bits per heavy atom. The van der Waals surface area contributed by atoms with Crippen LogP contribution in [0.25, 0.3) is 10.8 Å². The Hall–Kier alpha value is -3.27. The number of aryl methyl sites for hydroxylation is 1. The zero-order chi connectivity index (χ0) is 22.0. The Bertz CT molecular complexity index is 1070. The number of imide groups is 1. The maximum Gasteiger partial charge on any atom is 0.387 e. The lowest BCUT2D eigenvalue weighted by Crippen LogP contribution is -2.44. The van der Waals surface area contributed by atoms with E-state index in [0.29, 0.717) is 24.4 Å². The zero-order valence-electron chi connectivity index (χ0n) is 16.5. The first-order valence-electron chi connectivity index (χ1n) is 9.50. The van der Waals surface area contributed by atoms with Crippen LogP contribution in [0, 0.1) is 0 Å². The van der Waals surface area contributed by atoms with Gasteiger partial charge in [-0.1, -0.05) is 18.2 Å². The minimum Gasteiger partial charge on any atom is -0.443 e. The molecule has 2 aromatic heterocycles. The van der Waals surface area contributed by atoms with Gasteiger partial charge in [-0.25, -0.2) is 9.78 Å². The molecule has 1 saturated heterocycles. The average molecular weight is 447 g/mol. The number of urea groups is 1. The fraction of sp³-hybridized carbons (Fsp3) is 0.286. The van der Waals surface area contributed by atoms with E-state index in [1.54, 1.807) is 19.1 Å². The van der Waals surface area contributed by atoms with Crippen LogP contribution in [0.3, 0.4) is 0 Å². The van der Waals surface area contributed by atoms with Crippen LogP contribution in [0.2, 0.25) is 0 Å². The van der Waals surface area contributed by atoms with E-state index in [1.807, 2.05) is 17.5 Å². The molecule has 4 rings (SSSR count). The first-order chi connectivity index (χ1) is 14.8. The van der Waals surface area contributed by atoms with E-state index < -0.39 is 18.2 Å². The van der Waals surface area contributed by atoms with Crippen molar-refractivity contribution in [1.29, 1.82) is 0 Å². The van der Waals surface area contributed by atoms with Crippen LogP contribution in [0.5, 0.6) is 5.75 Å². The zero-order valence-corrected chi connectivity index (χ0v) is 17.3. The highest BCUT2D eigenvalue weighted by molar-refractivity contribution is 7.13. The number of amides is 3. The normalized spacial score (nSPS) is 18.6. The second kappa shape index (κ2) is 8.46. The monoisotopic (exact) mass is 447 g/mol. The molecule has 7 nitrogen and oxygen atoms in total. The second-order valence-corrected chi connectivity index (χ2v) is 8.25. The van der Waals surface area contributed by atoms with Crippen LogP contribution in [-0.2, 0) is 17.8 Å². The quantitative estimate of drug-likeness (QED) is 0.516. The molecule has 10 heteroatoms. The van der Waals surface area contributed by atoms with E-state index in [1.165, 1.54) is 29.7 Å². The molecule has 1 N–H and O–H groups in total. The van der Waals surface area contributed by atoms with Crippen molar-refractivity contribution < 1.29 is 27.5 Å². The number of nitrogens with one attached hydrogen (secondary N) is 1. The van der Waals surface area contributed by atoms with Crippen LogP contribution >= 0.6 is 11.3 Å². The number of benzene rings is 1. The Morgan fingerprint density at radius 1 is 1.26 bits per heavy atom. The molecule has 0 unspecified atom stereocenters. The van der Waals surface area contributed by atoms with Crippen molar-refractivity contribution in [1.82, 2.24) is 15.2 Å². The van der Waals surface area contributed by atoms with Crippen molar-refractivity contribution in [2.75, 3.05) is 0 Å². The average Bonchev–Trinajstić information content (AvgIpc) is 3.45. The van der Waals surface area contributed by atoms with Gasteiger partial charge in [0.2, 0.25) is 5.89 Å². The number of carbonyl (C=O) groups is 2. The molecule has 0 spiro atoms. The van der Waals surface area contributed by atoms with Crippen LogP contribution < -0.4 is 10.1 Å². The molecule has 1 aliphatic heterocycles. The summed E-state index contributed by atoms with van der Waals surface area (Å²) in [5, 5.41) is 4.65. The van der Waals surface area contributed by atoms with Crippen LogP contribution in [-0.4, -0.2) is 34.0 Å². The van der Waals surface area contributed by atoms with Gasteiger partial charge < -0.3 is 14.5 Å². The number of thiophene rings is 1. The first kappa shape index (κ1) is 21.0. The molecule has 0 aliphatic carbocycles. The number of rotatable bonds is 8. The Labute approximate surface area is 180 Å². The van der Waals surface area contributed by atoms with Crippen molar-refractivity contribution in [2.24, 2.45) is 0 Å². The topological polar surface area (TPSA) is 84.7 Å². The van der Waals surface area contributed by atoms with Gasteiger partial charge in [0, 0.05) is 0 Å². The van der Waals surface area contributed by atoms with E-state index in [2.05, 4.69) is 15.0 Å². The highest BCUT2D eigenvalue weighted by Crippen LogP contribution is 2.27. The van der Waals surface area contributed by atoms with Gasteiger partial charge in [0.25, 0.3) is 5.91 Å². The molecule has 0 radical (unpaired) electrons. The molecule has 3 amide bonds. The number of hydrogen-bond acceptors (Lipinski definition) is 6. The third-order valence-electron chi connectivity index (χ3n) is 5.01. The summed E-state index contributed by atoms with van der Waals surface area (Å²) in [4.78, 5) is 31.7. The van der Waals surface area contributed by atoms with Crippen molar-refractivity contribution in [3.05, 3.63) is 59.3 Å². The third kappa shape index (κ3) is 4.58. The molecule has 3 heterocycles. The lowest BCUT2D eigenvalue weighted by atomic mass is 9.93. The summed E-state index contributed by atoms with van der Waals surface area (Å²) in [6.07, 6.45) is 2.26. The number of aromatic nitrogens is 1. The number of hydrogen-bond donors (Lipinski definition) is 1. The Morgan fingerprint density at radius 3 is 2.71 bits per heavy atom. The van der Waals surface area contributed by atoms with E-state index in [4.69, 9.17) is 4.42 Å². The predicted octanol–water partition coefficient (Wildman–Crippen LogP) is 4.45. The second-order valence-electron chi connectivity index (χ2n) is 7.30. The molecule has 1 fully saturated rings. The number of alkyl halides is 2. The van der Waals surface area contributed by atoms with Gasteiger partial charge in [-0.2, -0.15) is 8.78 Å². The highest BCUT2D eigenvalue weighted by Gasteiger charge is 2.47. The van der Waals surface area contributed by atoms with Gasteiger partial charge in [0.1, 0.15) is 17.6 Å². The molecular weight excluding hydrogens is 428 g/mol. The van der Waals surface area contributed by atoms with Gasteiger partial charge >= 0.3 is 12.6 Å². The van der Waals surface area contributed by atoms with E-state index >= 15 is 0 Å². The highest BCUT2D eigenvalue weighted by atomic mass is 32.1. The minimum absolute atomic E-state index is 0.00873. The molecular formula is C21H19F2N3O4S. The van der Waals surface area contributed by atoms with Crippen LogP contribution in [0.1, 0.15) is 24.6 Å². The molecule has 1 atom stereocenters. The molecule has 1 aromatic carbocycles. The molecule has 31 heavy (non-hydrogen) atoms. The van der Waals surface area contributed by atoms with Crippen molar-refractivity contribution in [2.45, 2.75) is 38.5 Å². The Kier molecular flexibility index (Phi) is 5.73. The summed E-state index contributed by atoms with van der Waals surface area (Å²) in [6, 6.07) is 9.46. The summed E-state index contributed by atoms with van der Waals surface area (Å²) in [5.74, 6) is 0.158. The summed E-state index contributed by atoms with van der Waals surface area (Å²) < 4.78 is 34.3. The fourth-order valence-electron chi connectivity index (χ4n) is 3.35.